The van der Waals surface area contributed by atoms with E-state index < -0.39 is 0 Å². The molecule has 2 nitrogen and oxygen atoms in total. The van der Waals surface area contributed by atoms with Crippen molar-refractivity contribution in [3.63, 3.8) is 0 Å². The predicted molar refractivity (Wildman–Crippen MR) is 75.4 cm³/mol. The molecule has 1 atom stereocenters. The molecule has 96 valence electrons. The summed E-state index contributed by atoms with van der Waals surface area (Å²) in [5.74, 6) is 0. The Hall–Kier alpha value is -0.860. The molecular weight excluding hydrogens is 208 g/mol. The van der Waals surface area contributed by atoms with Crippen molar-refractivity contribution in [1.29, 1.82) is 0 Å². The molecule has 0 aliphatic carbocycles. The van der Waals surface area contributed by atoms with E-state index in [1.165, 1.54) is 23.1 Å². The highest BCUT2D eigenvalue weighted by Crippen LogP contribution is 2.10. The van der Waals surface area contributed by atoms with E-state index in [-0.39, 0.29) is 0 Å². The van der Waals surface area contributed by atoms with Crippen LogP contribution in [0.1, 0.15) is 36.5 Å². The number of hydrogen-bond acceptors (Lipinski definition) is 2. The molecule has 0 bridgehead atoms. The standard InChI is InChI=1S/C15H26N2/c1-12-6-7-13(2)15(11-12)8-10-17-9-4-5-14(3)16/h6-7,11,14,17H,4-5,8-10,16H2,1-3H3. The second-order valence-electron chi connectivity index (χ2n) is 5.05. The lowest BCUT2D eigenvalue weighted by Crippen LogP contribution is -2.22. The summed E-state index contributed by atoms with van der Waals surface area (Å²) in [5, 5.41) is 3.48. The largest absolute Gasteiger partial charge is 0.328 e. The number of rotatable bonds is 7. The van der Waals surface area contributed by atoms with Crippen molar-refractivity contribution >= 4 is 0 Å². The van der Waals surface area contributed by atoms with E-state index >= 15 is 0 Å². The first kappa shape index (κ1) is 14.2. The van der Waals surface area contributed by atoms with E-state index in [4.69, 9.17) is 5.73 Å². The number of benzene rings is 1. The molecule has 0 saturated heterocycles. The zero-order valence-electron chi connectivity index (χ0n) is 11.4. The molecule has 0 aromatic heterocycles. The fourth-order valence-electron chi connectivity index (χ4n) is 1.97. The van der Waals surface area contributed by atoms with Gasteiger partial charge in [0.05, 0.1) is 0 Å². The highest BCUT2D eigenvalue weighted by molar-refractivity contribution is 5.30. The zero-order chi connectivity index (χ0) is 12.7. The van der Waals surface area contributed by atoms with Crippen molar-refractivity contribution in [2.75, 3.05) is 13.1 Å². The molecule has 0 saturated carbocycles. The lowest BCUT2D eigenvalue weighted by Gasteiger charge is -2.09. The maximum absolute atomic E-state index is 5.71. The van der Waals surface area contributed by atoms with Crippen LogP contribution in [-0.4, -0.2) is 19.1 Å². The topological polar surface area (TPSA) is 38.0 Å². The summed E-state index contributed by atoms with van der Waals surface area (Å²) in [6.07, 6.45) is 3.40. The average molecular weight is 234 g/mol. The monoisotopic (exact) mass is 234 g/mol. The van der Waals surface area contributed by atoms with Crippen LogP contribution in [-0.2, 0) is 6.42 Å². The van der Waals surface area contributed by atoms with Crippen molar-refractivity contribution < 1.29 is 0 Å². The lowest BCUT2D eigenvalue weighted by molar-refractivity contribution is 0.575. The Bertz CT molecular complexity index is 332. The van der Waals surface area contributed by atoms with Gasteiger partial charge in [0.1, 0.15) is 0 Å². The van der Waals surface area contributed by atoms with Crippen molar-refractivity contribution in [1.82, 2.24) is 5.32 Å². The van der Waals surface area contributed by atoms with Crippen molar-refractivity contribution in [3.8, 4) is 0 Å². The number of hydrogen-bond donors (Lipinski definition) is 2. The van der Waals surface area contributed by atoms with Crippen molar-refractivity contribution in [3.05, 3.63) is 34.9 Å². The number of nitrogens with two attached hydrogens (primary N) is 1. The quantitative estimate of drug-likeness (QED) is 0.712. The Morgan fingerprint density at radius 3 is 2.71 bits per heavy atom. The van der Waals surface area contributed by atoms with E-state index in [0.29, 0.717) is 6.04 Å². The summed E-state index contributed by atoms with van der Waals surface area (Å²) in [4.78, 5) is 0. The van der Waals surface area contributed by atoms with Crippen LogP contribution >= 0.6 is 0 Å². The fraction of sp³-hybridized carbons (Fsp3) is 0.600. The molecule has 0 heterocycles. The molecule has 0 aliphatic heterocycles. The van der Waals surface area contributed by atoms with Gasteiger partial charge in [0, 0.05) is 6.04 Å². The maximum atomic E-state index is 5.71. The zero-order valence-corrected chi connectivity index (χ0v) is 11.4. The van der Waals surface area contributed by atoms with E-state index in [2.05, 4.69) is 44.3 Å². The Morgan fingerprint density at radius 1 is 1.24 bits per heavy atom. The first-order chi connectivity index (χ1) is 8.09. The van der Waals surface area contributed by atoms with Gasteiger partial charge in [-0.3, -0.25) is 0 Å². The minimum atomic E-state index is 0.329. The van der Waals surface area contributed by atoms with Gasteiger partial charge in [-0.15, -0.1) is 0 Å². The molecule has 0 fully saturated rings. The minimum Gasteiger partial charge on any atom is -0.328 e. The van der Waals surface area contributed by atoms with E-state index in [0.717, 1.165) is 25.9 Å². The first-order valence-corrected chi connectivity index (χ1v) is 6.62. The molecule has 1 rings (SSSR count). The summed E-state index contributed by atoms with van der Waals surface area (Å²) >= 11 is 0. The molecule has 1 unspecified atom stereocenters. The second kappa shape index (κ2) is 7.46. The third-order valence-electron chi connectivity index (χ3n) is 3.09. The van der Waals surface area contributed by atoms with Crippen LogP contribution in [0.2, 0.25) is 0 Å². The summed E-state index contributed by atoms with van der Waals surface area (Å²) in [6, 6.07) is 7.00. The van der Waals surface area contributed by atoms with Crippen molar-refractivity contribution in [2.45, 2.75) is 46.1 Å². The summed E-state index contributed by atoms with van der Waals surface area (Å²) in [6.45, 7) is 8.54. The van der Waals surface area contributed by atoms with Crippen LogP contribution in [0.15, 0.2) is 18.2 Å². The molecule has 3 N–H and O–H groups in total. The van der Waals surface area contributed by atoms with Gasteiger partial charge >= 0.3 is 0 Å². The molecule has 0 amide bonds. The molecule has 1 aromatic rings. The normalized spacial score (nSPS) is 12.7. The highest BCUT2D eigenvalue weighted by Gasteiger charge is 1.99. The smallest absolute Gasteiger partial charge is 0.00109 e. The SMILES string of the molecule is Cc1ccc(C)c(CCNCCCC(C)N)c1. The molecule has 17 heavy (non-hydrogen) atoms. The van der Waals surface area contributed by atoms with Crippen LogP contribution in [0.4, 0.5) is 0 Å². The molecule has 0 spiro atoms. The molecule has 2 heteroatoms. The van der Waals surface area contributed by atoms with Crippen LogP contribution in [0.3, 0.4) is 0 Å². The van der Waals surface area contributed by atoms with E-state index in [1.807, 2.05) is 0 Å². The van der Waals surface area contributed by atoms with Gasteiger partial charge in [-0.2, -0.15) is 0 Å². The Morgan fingerprint density at radius 2 is 2.00 bits per heavy atom. The van der Waals surface area contributed by atoms with Gasteiger partial charge in [0.15, 0.2) is 0 Å². The minimum absolute atomic E-state index is 0.329. The van der Waals surface area contributed by atoms with Crippen LogP contribution in [0.5, 0.6) is 0 Å². The van der Waals surface area contributed by atoms with Gasteiger partial charge in [0.25, 0.3) is 0 Å². The second-order valence-corrected chi connectivity index (χ2v) is 5.05. The van der Waals surface area contributed by atoms with Crippen LogP contribution < -0.4 is 11.1 Å². The molecular formula is C15H26N2. The maximum Gasteiger partial charge on any atom is 0.00109 e. The first-order valence-electron chi connectivity index (χ1n) is 6.62. The average Bonchev–Trinajstić information content (AvgIpc) is 2.27. The van der Waals surface area contributed by atoms with Crippen molar-refractivity contribution in [2.24, 2.45) is 5.73 Å². The van der Waals surface area contributed by atoms with Crippen LogP contribution in [0.25, 0.3) is 0 Å². The third kappa shape index (κ3) is 5.85. The van der Waals surface area contributed by atoms with E-state index in [1.54, 1.807) is 0 Å². The predicted octanol–water partition coefficient (Wildman–Crippen LogP) is 2.56. The summed E-state index contributed by atoms with van der Waals surface area (Å²) < 4.78 is 0. The Balaban J connectivity index is 2.20. The third-order valence-corrected chi connectivity index (χ3v) is 3.09. The van der Waals surface area contributed by atoms with Gasteiger partial charge in [-0.25, -0.2) is 0 Å². The van der Waals surface area contributed by atoms with Crippen LogP contribution in [0, 0.1) is 13.8 Å². The van der Waals surface area contributed by atoms with Gasteiger partial charge in [0.2, 0.25) is 0 Å². The Labute approximate surface area is 106 Å². The molecule has 0 radical (unpaired) electrons. The van der Waals surface area contributed by atoms with Gasteiger partial charge in [-0.05, 0) is 64.3 Å². The summed E-state index contributed by atoms with van der Waals surface area (Å²) in [7, 11) is 0. The number of aryl methyl sites for hydroxylation is 2. The molecule has 1 aromatic carbocycles. The Kier molecular flexibility index (Phi) is 6.23. The summed E-state index contributed by atoms with van der Waals surface area (Å²) in [5.41, 5.74) is 9.92. The fourth-order valence-corrected chi connectivity index (χ4v) is 1.97. The molecule has 0 aliphatic rings. The van der Waals surface area contributed by atoms with Gasteiger partial charge < -0.3 is 11.1 Å². The van der Waals surface area contributed by atoms with E-state index in [9.17, 15) is 0 Å². The van der Waals surface area contributed by atoms with Gasteiger partial charge in [-0.1, -0.05) is 23.8 Å². The highest BCUT2D eigenvalue weighted by atomic mass is 14.8. The number of nitrogens with one attached hydrogen (secondary N) is 1. The lowest BCUT2D eigenvalue weighted by atomic mass is 10.0.